The number of rotatable bonds is 8. The highest BCUT2D eigenvalue weighted by atomic mass is 16.6. The summed E-state index contributed by atoms with van der Waals surface area (Å²) in [6.45, 7) is 2.07. The number of hydrogen-bond acceptors (Lipinski definition) is 5. The third-order valence-corrected chi connectivity index (χ3v) is 5.05. The minimum atomic E-state index is -0.819. The topological polar surface area (TPSA) is 91.8 Å². The predicted octanol–water partition coefficient (Wildman–Crippen LogP) is 3.87. The van der Waals surface area contributed by atoms with Crippen LogP contribution in [0.25, 0.3) is 0 Å². The molecule has 0 bridgehead atoms. The number of carbonyl (C=O) groups excluding carboxylic acids is 1. The molecule has 2 aromatic rings. The third-order valence-electron chi connectivity index (χ3n) is 5.05. The Morgan fingerprint density at radius 1 is 1.17 bits per heavy atom. The lowest BCUT2D eigenvalue weighted by molar-refractivity contribution is -0.137. The fourth-order valence-electron chi connectivity index (χ4n) is 3.57. The van der Waals surface area contributed by atoms with Crippen LogP contribution in [0.3, 0.4) is 0 Å². The summed E-state index contributed by atoms with van der Waals surface area (Å²) in [6.07, 6.45) is 3.72. The highest BCUT2D eigenvalue weighted by molar-refractivity contribution is 5.69. The van der Waals surface area contributed by atoms with Crippen LogP contribution in [0, 0.1) is 0 Å². The maximum Gasteiger partial charge on any atom is 0.410 e. The molecule has 29 heavy (non-hydrogen) atoms. The van der Waals surface area contributed by atoms with Gasteiger partial charge in [0.05, 0.1) is 13.0 Å². The van der Waals surface area contributed by atoms with Crippen LogP contribution < -0.4 is 5.32 Å². The van der Waals surface area contributed by atoms with Gasteiger partial charge >= 0.3 is 12.1 Å². The Bertz CT molecular complexity index is 813. The van der Waals surface area contributed by atoms with E-state index in [1.54, 1.807) is 11.1 Å². The molecule has 0 saturated heterocycles. The van der Waals surface area contributed by atoms with E-state index in [0.29, 0.717) is 26.1 Å². The Hall–Kier alpha value is -3.09. The van der Waals surface area contributed by atoms with Crippen LogP contribution >= 0.6 is 0 Å². The number of fused-ring (bicyclic) bond motifs is 1. The van der Waals surface area contributed by atoms with Crippen molar-refractivity contribution in [1.29, 1.82) is 0 Å². The molecule has 0 aliphatic carbocycles. The highest BCUT2D eigenvalue weighted by Gasteiger charge is 2.26. The summed E-state index contributed by atoms with van der Waals surface area (Å²) in [7, 11) is 0. The number of anilines is 1. The first-order valence-corrected chi connectivity index (χ1v) is 9.99. The molecule has 0 saturated carbocycles. The zero-order valence-corrected chi connectivity index (χ0v) is 16.4. The van der Waals surface area contributed by atoms with Crippen LogP contribution in [0.4, 0.5) is 10.6 Å². The van der Waals surface area contributed by atoms with Crippen molar-refractivity contribution in [3.05, 3.63) is 59.8 Å². The first kappa shape index (κ1) is 20.6. The van der Waals surface area contributed by atoms with E-state index in [2.05, 4.69) is 10.3 Å². The van der Waals surface area contributed by atoms with Gasteiger partial charge in [-0.25, -0.2) is 9.78 Å². The van der Waals surface area contributed by atoms with Crippen LogP contribution in [-0.2, 0) is 16.1 Å². The molecule has 7 nitrogen and oxygen atoms in total. The third kappa shape index (κ3) is 6.20. The van der Waals surface area contributed by atoms with E-state index in [1.807, 2.05) is 42.5 Å². The van der Waals surface area contributed by atoms with Crippen molar-refractivity contribution in [2.24, 2.45) is 0 Å². The molecule has 1 aliphatic heterocycles. The van der Waals surface area contributed by atoms with Crippen LogP contribution in [0.5, 0.6) is 0 Å². The number of nitrogens with zero attached hydrogens (tertiary/aromatic N) is 2. The molecule has 7 heteroatoms. The van der Waals surface area contributed by atoms with E-state index in [4.69, 9.17) is 4.74 Å². The molecule has 0 spiro atoms. The van der Waals surface area contributed by atoms with Gasteiger partial charge in [-0.1, -0.05) is 30.3 Å². The summed E-state index contributed by atoms with van der Waals surface area (Å²) < 4.78 is 5.45. The number of carboxylic acid groups (broad SMARTS) is 1. The van der Waals surface area contributed by atoms with Gasteiger partial charge in [-0.3, -0.25) is 4.79 Å². The lowest BCUT2D eigenvalue weighted by atomic mass is 9.90. The normalized spacial score (nSPS) is 15.9. The second-order valence-electron chi connectivity index (χ2n) is 7.17. The molecule has 2 N–H and O–H groups in total. The van der Waals surface area contributed by atoms with Gasteiger partial charge in [0, 0.05) is 25.8 Å². The van der Waals surface area contributed by atoms with Crippen molar-refractivity contribution in [2.45, 2.75) is 38.1 Å². The van der Waals surface area contributed by atoms with Gasteiger partial charge in [0.2, 0.25) is 0 Å². The molecule has 1 unspecified atom stereocenters. The summed E-state index contributed by atoms with van der Waals surface area (Å²) in [4.78, 5) is 29.6. The number of hydrogen-bond donors (Lipinski definition) is 2. The van der Waals surface area contributed by atoms with Gasteiger partial charge in [-0.05, 0) is 48.4 Å². The molecule has 2 heterocycles. The van der Waals surface area contributed by atoms with Gasteiger partial charge in [0.15, 0.2) is 0 Å². The average Bonchev–Trinajstić information content (AvgIpc) is 2.91. The van der Waals surface area contributed by atoms with E-state index in [0.717, 1.165) is 36.3 Å². The van der Waals surface area contributed by atoms with Crippen molar-refractivity contribution >= 4 is 17.9 Å². The number of amides is 1. The fraction of sp³-hybridized carbons (Fsp3) is 0.409. The minimum absolute atomic E-state index is 0.0726. The molecule has 1 atom stereocenters. The second kappa shape index (κ2) is 10.5. The number of aromatic nitrogens is 1. The van der Waals surface area contributed by atoms with E-state index >= 15 is 0 Å². The maximum atomic E-state index is 12.5. The largest absolute Gasteiger partial charge is 0.481 e. The molecule has 0 fully saturated rings. The Labute approximate surface area is 170 Å². The van der Waals surface area contributed by atoms with Gasteiger partial charge in [-0.15, -0.1) is 0 Å². The zero-order chi connectivity index (χ0) is 20.5. The Morgan fingerprint density at radius 2 is 2.00 bits per heavy atom. The van der Waals surface area contributed by atoms with Crippen molar-refractivity contribution in [1.82, 2.24) is 9.88 Å². The van der Waals surface area contributed by atoms with Gasteiger partial charge in [0.25, 0.3) is 0 Å². The van der Waals surface area contributed by atoms with Crippen LogP contribution in [0.1, 0.15) is 42.7 Å². The molecular weight excluding hydrogens is 370 g/mol. The number of carbonyl (C=O) groups is 2. The van der Waals surface area contributed by atoms with Gasteiger partial charge < -0.3 is 20.1 Å². The first-order valence-electron chi connectivity index (χ1n) is 9.99. The monoisotopic (exact) mass is 397 g/mol. The molecule has 1 amide bonds. The van der Waals surface area contributed by atoms with Gasteiger partial charge in [-0.2, -0.15) is 0 Å². The van der Waals surface area contributed by atoms with Crippen molar-refractivity contribution in [2.75, 3.05) is 25.0 Å². The fourth-order valence-corrected chi connectivity index (χ4v) is 3.57. The van der Waals surface area contributed by atoms with E-state index in [-0.39, 0.29) is 18.4 Å². The Balaban J connectivity index is 1.44. The smallest absolute Gasteiger partial charge is 0.410 e. The standard InChI is InChI=1S/C22H27N3O4/c26-21(27)15-17-10-13-25(16-18-7-1-2-8-19(17)18)22(28)29-14-6-5-12-24-20-9-3-4-11-23-20/h1-4,7-9,11,17H,5-6,10,12-16H2,(H,23,24)(H,26,27). The number of carboxylic acids is 1. The minimum Gasteiger partial charge on any atom is -0.481 e. The number of pyridine rings is 1. The van der Waals surface area contributed by atoms with E-state index in [9.17, 15) is 14.7 Å². The number of aliphatic carboxylic acids is 1. The average molecular weight is 397 g/mol. The number of unbranched alkanes of at least 4 members (excludes halogenated alkanes) is 1. The SMILES string of the molecule is O=C(O)CC1CCN(C(=O)OCCCCNc2ccccn2)Cc2ccccc21. The molecule has 154 valence electrons. The van der Waals surface area contributed by atoms with Crippen LogP contribution in [0.15, 0.2) is 48.7 Å². The maximum absolute atomic E-state index is 12.5. The lowest BCUT2D eigenvalue weighted by Crippen LogP contribution is -2.31. The number of benzene rings is 1. The number of ether oxygens (including phenoxy) is 1. The molecular formula is C22H27N3O4. The lowest BCUT2D eigenvalue weighted by Gasteiger charge is -2.20. The molecule has 1 aromatic heterocycles. The van der Waals surface area contributed by atoms with Crippen molar-refractivity contribution < 1.29 is 19.4 Å². The second-order valence-corrected chi connectivity index (χ2v) is 7.17. The summed E-state index contributed by atoms with van der Waals surface area (Å²) >= 11 is 0. The summed E-state index contributed by atoms with van der Waals surface area (Å²) in [5, 5.41) is 12.4. The predicted molar refractivity (Wildman–Crippen MR) is 110 cm³/mol. The van der Waals surface area contributed by atoms with Crippen LogP contribution in [-0.4, -0.2) is 46.7 Å². The zero-order valence-electron chi connectivity index (χ0n) is 16.4. The molecule has 3 rings (SSSR count). The summed E-state index contributed by atoms with van der Waals surface area (Å²) in [6, 6.07) is 13.5. The summed E-state index contributed by atoms with van der Waals surface area (Å²) in [5.41, 5.74) is 2.01. The van der Waals surface area contributed by atoms with E-state index < -0.39 is 5.97 Å². The quantitative estimate of drug-likeness (QED) is 0.657. The number of nitrogens with one attached hydrogen (secondary N) is 1. The summed E-state index contributed by atoms with van der Waals surface area (Å²) in [5.74, 6) is -0.0667. The molecule has 1 aromatic carbocycles. The van der Waals surface area contributed by atoms with Crippen LogP contribution in [0.2, 0.25) is 0 Å². The van der Waals surface area contributed by atoms with E-state index in [1.165, 1.54) is 0 Å². The molecule has 1 aliphatic rings. The Kier molecular flexibility index (Phi) is 7.44. The highest BCUT2D eigenvalue weighted by Crippen LogP contribution is 2.31. The Morgan fingerprint density at radius 3 is 2.79 bits per heavy atom. The van der Waals surface area contributed by atoms with Crippen molar-refractivity contribution in [3.63, 3.8) is 0 Å². The van der Waals surface area contributed by atoms with Gasteiger partial charge in [0.1, 0.15) is 5.82 Å². The van der Waals surface area contributed by atoms with Crippen molar-refractivity contribution in [3.8, 4) is 0 Å². The first-order chi connectivity index (χ1) is 14.1. The molecule has 0 radical (unpaired) electrons.